The minimum absolute atomic E-state index is 0.511. The highest BCUT2D eigenvalue weighted by Crippen LogP contribution is 2.31. The molecule has 1 N–H and O–H groups in total. The number of hydrogen-bond donors (Lipinski definition) is 1. The lowest BCUT2D eigenvalue weighted by Crippen LogP contribution is -2.24. The summed E-state index contributed by atoms with van der Waals surface area (Å²) in [5, 5.41) is 3.19. The van der Waals surface area contributed by atoms with Crippen LogP contribution in [0.15, 0.2) is 13.2 Å². The van der Waals surface area contributed by atoms with Crippen molar-refractivity contribution in [3.63, 3.8) is 0 Å². The second-order valence-electron chi connectivity index (χ2n) is 4.14. The first-order chi connectivity index (χ1) is 6.04. The molecule has 0 aromatic heterocycles. The second kappa shape index (κ2) is 8.31. The van der Waals surface area contributed by atoms with Crippen molar-refractivity contribution in [2.75, 3.05) is 13.6 Å². The number of hydrogen-bond acceptors (Lipinski definition) is 1. The van der Waals surface area contributed by atoms with E-state index < -0.39 is 0 Å². The first-order valence-corrected chi connectivity index (χ1v) is 5.19. The van der Waals surface area contributed by atoms with Gasteiger partial charge in [0.1, 0.15) is 0 Å². The van der Waals surface area contributed by atoms with Gasteiger partial charge in [0.15, 0.2) is 0 Å². The normalized spacial score (nSPS) is 13.0. The summed E-state index contributed by atoms with van der Waals surface area (Å²) in [6.07, 6.45) is 2.56. The van der Waals surface area contributed by atoms with Crippen LogP contribution >= 0.6 is 0 Å². The molecule has 1 atom stereocenters. The lowest BCUT2D eigenvalue weighted by atomic mass is 9.76. The first kappa shape index (κ1) is 15.2. The summed E-state index contributed by atoms with van der Waals surface area (Å²) in [6, 6.07) is 0. The zero-order valence-corrected chi connectivity index (χ0v) is 10.1. The first-order valence-electron chi connectivity index (χ1n) is 5.19. The van der Waals surface area contributed by atoms with Gasteiger partial charge in [0.05, 0.1) is 0 Å². The van der Waals surface area contributed by atoms with Gasteiger partial charge in [0.2, 0.25) is 0 Å². The molecule has 80 valence electrons. The van der Waals surface area contributed by atoms with Gasteiger partial charge in [0, 0.05) is 0 Å². The van der Waals surface area contributed by atoms with E-state index in [4.69, 9.17) is 0 Å². The molecule has 0 saturated carbocycles. The fraction of sp³-hybridized carbons (Fsp3) is 0.833. The lowest BCUT2D eigenvalue weighted by Gasteiger charge is -2.30. The minimum Gasteiger partial charge on any atom is -0.320 e. The molecule has 0 aliphatic rings. The summed E-state index contributed by atoms with van der Waals surface area (Å²) in [5.41, 5.74) is 0.511. The van der Waals surface area contributed by atoms with Crippen molar-refractivity contribution in [3.05, 3.63) is 13.2 Å². The monoisotopic (exact) mass is 185 g/mol. The van der Waals surface area contributed by atoms with Gasteiger partial charge < -0.3 is 5.32 Å². The van der Waals surface area contributed by atoms with Crippen molar-refractivity contribution in [2.45, 2.75) is 40.5 Å². The van der Waals surface area contributed by atoms with Crippen LogP contribution in [0.1, 0.15) is 40.5 Å². The lowest BCUT2D eigenvalue weighted by molar-refractivity contribution is 0.209. The Labute approximate surface area is 84.6 Å². The smallest absolute Gasteiger partial charge is 0.00492 e. The van der Waals surface area contributed by atoms with Crippen LogP contribution in [-0.4, -0.2) is 13.6 Å². The molecule has 0 aliphatic heterocycles. The Morgan fingerprint density at radius 1 is 1.31 bits per heavy atom. The molecule has 0 aromatic carbocycles. The van der Waals surface area contributed by atoms with Crippen molar-refractivity contribution in [3.8, 4) is 0 Å². The summed E-state index contributed by atoms with van der Waals surface area (Å²) < 4.78 is 0. The number of rotatable bonds is 5. The largest absolute Gasteiger partial charge is 0.320 e. The second-order valence-corrected chi connectivity index (χ2v) is 4.14. The van der Waals surface area contributed by atoms with Crippen LogP contribution in [0.3, 0.4) is 0 Å². The molecule has 1 unspecified atom stereocenters. The van der Waals surface area contributed by atoms with Crippen molar-refractivity contribution < 1.29 is 0 Å². The standard InChI is InChI=1S/C10H23N.C2H4/c1-6-10(3,4)9(2)7-8-11-5;1-2/h9,11H,6-8H2,1-5H3;1-2H2. The van der Waals surface area contributed by atoms with Crippen LogP contribution in [0.4, 0.5) is 0 Å². The van der Waals surface area contributed by atoms with E-state index >= 15 is 0 Å². The van der Waals surface area contributed by atoms with Gasteiger partial charge >= 0.3 is 0 Å². The summed E-state index contributed by atoms with van der Waals surface area (Å²) >= 11 is 0. The van der Waals surface area contributed by atoms with Crippen LogP contribution < -0.4 is 5.32 Å². The Balaban J connectivity index is 0. The molecule has 0 heterocycles. The Hall–Kier alpha value is -0.300. The zero-order valence-electron chi connectivity index (χ0n) is 10.1. The molecule has 0 fully saturated rings. The molecule has 0 amide bonds. The van der Waals surface area contributed by atoms with E-state index in [2.05, 4.69) is 46.2 Å². The maximum absolute atomic E-state index is 3.19. The van der Waals surface area contributed by atoms with Crippen molar-refractivity contribution >= 4 is 0 Å². The minimum atomic E-state index is 0.511. The van der Waals surface area contributed by atoms with Crippen molar-refractivity contribution in [1.29, 1.82) is 0 Å². The Morgan fingerprint density at radius 2 is 1.77 bits per heavy atom. The topological polar surface area (TPSA) is 12.0 Å². The molecule has 0 rings (SSSR count). The Morgan fingerprint density at radius 3 is 2.08 bits per heavy atom. The highest BCUT2D eigenvalue weighted by molar-refractivity contribution is 4.73. The summed E-state index contributed by atoms with van der Waals surface area (Å²) in [7, 11) is 2.02. The maximum Gasteiger partial charge on any atom is -0.00492 e. The number of nitrogens with one attached hydrogen (secondary N) is 1. The Kier molecular flexibility index (Phi) is 9.70. The average molecular weight is 185 g/mol. The molecular weight excluding hydrogens is 158 g/mol. The van der Waals surface area contributed by atoms with Gasteiger partial charge in [-0.3, -0.25) is 0 Å². The summed E-state index contributed by atoms with van der Waals surface area (Å²) in [5.74, 6) is 0.819. The predicted molar refractivity (Wildman–Crippen MR) is 63.0 cm³/mol. The van der Waals surface area contributed by atoms with E-state index in [0.29, 0.717) is 5.41 Å². The van der Waals surface area contributed by atoms with E-state index in [1.165, 1.54) is 12.8 Å². The van der Waals surface area contributed by atoms with E-state index in [1.54, 1.807) is 0 Å². The third kappa shape index (κ3) is 6.83. The molecule has 0 spiro atoms. The van der Waals surface area contributed by atoms with E-state index in [0.717, 1.165) is 12.5 Å². The van der Waals surface area contributed by atoms with Gasteiger partial charge in [-0.2, -0.15) is 0 Å². The molecule has 0 aromatic rings. The van der Waals surface area contributed by atoms with Crippen molar-refractivity contribution in [1.82, 2.24) is 5.32 Å². The molecule has 0 bridgehead atoms. The van der Waals surface area contributed by atoms with Gasteiger partial charge in [0.25, 0.3) is 0 Å². The van der Waals surface area contributed by atoms with Crippen LogP contribution in [0, 0.1) is 11.3 Å². The van der Waals surface area contributed by atoms with Gasteiger partial charge in [-0.1, -0.05) is 34.1 Å². The van der Waals surface area contributed by atoms with Crippen molar-refractivity contribution in [2.24, 2.45) is 11.3 Å². The maximum atomic E-state index is 3.19. The zero-order chi connectivity index (χ0) is 10.9. The quantitative estimate of drug-likeness (QED) is 0.647. The summed E-state index contributed by atoms with van der Waals surface area (Å²) in [6.45, 7) is 16.5. The van der Waals surface area contributed by atoms with Crippen LogP contribution in [0.2, 0.25) is 0 Å². The fourth-order valence-corrected chi connectivity index (χ4v) is 1.10. The van der Waals surface area contributed by atoms with E-state index in [-0.39, 0.29) is 0 Å². The highest BCUT2D eigenvalue weighted by Gasteiger charge is 2.22. The molecule has 0 saturated heterocycles. The van der Waals surface area contributed by atoms with Crippen LogP contribution in [-0.2, 0) is 0 Å². The van der Waals surface area contributed by atoms with E-state index in [9.17, 15) is 0 Å². The predicted octanol–water partition coefficient (Wildman–Crippen LogP) is 3.47. The molecule has 13 heavy (non-hydrogen) atoms. The third-order valence-corrected chi connectivity index (χ3v) is 3.07. The average Bonchev–Trinajstić information content (AvgIpc) is 2.17. The molecule has 1 nitrogen and oxygen atoms in total. The van der Waals surface area contributed by atoms with Crippen LogP contribution in [0.5, 0.6) is 0 Å². The molecule has 1 heteroatoms. The van der Waals surface area contributed by atoms with Gasteiger partial charge in [-0.05, 0) is 31.3 Å². The molecule has 0 radical (unpaired) electrons. The van der Waals surface area contributed by atoms with Gasteiger partial charge in [-0.25, -0.2) is 0 Å². The van der Waals surface area contributed by atoms with Gasteiger partial charge in [-0.15, -0.1) is 13.2 Å². The third-order valence-electron chi connectivity index (χ3n) is 3.07. The summed E-state index contributed by atoms with van der Waals surface area (Å²) in [4.78, 5) is 0. The molecule has 0 aliphatic carbocycles. The molecular formula is C12H27N. The fourth-order valence-electron chi connectivity index (χ4n) is 1.10. The van der Waals surface area contributed by atoms with E-state index in [1.807, 2.05) is 7.05 Å². The Bertz CT molecular complexity index is 108. The van der Waals surface area contributed by atoms with Crippen LogP contribution in [0.25, 0.3) is 0 Å². The highest BCUT2D eigenvalue weighted by atomic mass is 14.8. The SMILES string of the molecule is C=C.CCC(C)(C)C(C)CCNC.